The number of ether oxygens (including phenoxy) is 1. The van der Waals surface area contributed by atoms with Crippen molar-refractivity contribution >= 4 is 16.5 Å². The molecule has 0 saturated heterocycles. The predicted octanol–water partition coefficient (Wildman–Crippen LogP) is 6.67. The van der Waals surface area contributed by atoms with Crippen molar-refractivity contribution in [3.05, 3.63) is 82.6 Å². The fourth-order valence-electron chi connectivity index (χ4n) is 4.10. The molecule has 0 amide bonds. The number of fused-ring (bicyclic) bond motifs is 1. The summed E-state index contributed by atoms with van der Waals surface area (Å²) in [7, 11) is 0. The van der Waals surface area contributed by atoms with Crippen LogP contribution in [0.4, 0.5) is 5.69 Å². The number of aromatic hydroxyl groups is 1. The zero-order chi connectivity index (χ0) is 22.1. The van der Waals surface area contributed by atoms with Crippen molar-refractivity contribution in [2.24, 2.45) is 4.99 Å². The number of furan rings is 1. The number of rotatable bonds is 4. The van der Waals surface area contributed by atoms with E-state index in [-0.39, 0.29) is 5.75 Å². The Kier molecular flexibility index (Phi) is 5.55. The molecule has 0 saturated carbocycles. The summed E-state index contributed by atoms with van der Waals surface area (Å²) >= 11 is 0. The molecule has 4 nitrogen and oxygen atoms in total. The van der Waals surface area contributed by atoms with Crippen LogP contribution in [0.1, 0.15) is 29.6 Å². The second kappa shape index (κ2) is 8.31. The van der Waals surface area contributed by atoms with E-state index in [4.69, 9.17) is 14.1 Å². The quantitative estimate of drug-likeness (QED) is 0.406. The molecule has 0 atom stereocenters. The van der Waals surface area contributed by atoms with E-state index in [1.54, 1.807) is 12.1 Å². The summed E-state index contributed by atoms with van der Waals surface area (Å²) < 4.78 is 12.1. The standard InChI is InChI=1S/C27H27NO3/c1-6-30-25-15-21(20-7-9-23(29)10-8-20)14-24(26-18(4)31-19(5)27(25)26)28-22-12-16(2)11-17(3)13-22/h7-15,29H,6H2,1-5H3. The third kappa shape index (κ3) is 4.19. The summed E-state index contributed by atoms with van der Waals surface area (Å²) in [5.41, 5.74) is 5.17. The van der Waals surface area contributed by atoms with Crippen molar-refractivity contribution in [1.82, 2.24) is 0 Å². The number of phenolic OH excluding ortho intramolecular Hbond substituents is 1. The number of benzene rings is 2. The molecular formula is C27H27NO3. The molecular weight excluding hydrogens is 386 g/mol. The maximum Gasteiger partial charge on any atom is 0.131 e. The molecule has 0 unspecified atom stereocenters. The van der Waals surface area contributed by atoms with E-state index in [0.717, 1.165) is 50.2 Å². The largest absolute Gasteiger partial charge is 0.508 e. The van der Waals surface area contributed by atoms with Gasteiger partial charge in [0, 0.05) is 0 Å². The Labute approximate surface area is 182 Å². The number of phenols is 1. The third-order valence-corrected chi connectivity index (χ3v) is 5.30. The van der Waals surface area contributed by atoms with Crippen molar-refractivity contribution in [2.45, 2.75) is 34.6 Å². The van der Waals surface area contributed by atoms with Crippen molar-refractivity contribution < 1.29 is 14.3 Å². The van der Waals surface area contributed by atoms with Gasteiger partial charge in [-0.3, -0.25) is 0 Å². The highest BCUT2D eigenvalue weighted by atomic mass is 16.5. The van der Waals surface area contributed by atoms with E-state index >= 15 is 0 Å². The van der Waals surface area contributed by atoms with Crippen molar-refractivity contribution in [1.29, 1.82) is 0 Å². The van der Waals surface area contributed by atoms with Gasteiger partial charge in [-0.1, -0.05) is 18.2 Å². The molecule has 1 heterocycles. The number of aryl methyl sites for hydroxylation is 4. The first-order valence-corrected chi connectivity index (χ1v) is 10.5. The van der Waals surface area contributed by atoms with Gasteiger partial charge in [-0.15, -0.1) is 0 Å². The second-order valence-electron chi connectivity index (χ2n) is 7.90. The molecule has 0 radical (unpaired) electrons. The Morgan fingerprint density at radius 3 is 2.10 bits per heavy atom. The normalized spacial score (nSPS) is 11.8. The summed E-state index contributed by atoms with van der Waals surface area (Å²) in [6, 6.07) is 17.6. The lowest BCUT2D eigenvalue weighted by Crippen LogP contribution is -2.00. The first kappa shape index (κ1) is 20.7. The number of hydrogen-bond acceptors (Lipinski definition) is 4. The minimum Gasteiger partial charge on any atom is -0.508 e. The molecule has 158 valence electrons. The van der Waals surface area contributed by atoms with E-state index in [1.807, 2.05) is 39.0 Å². The van der Waals surface area contributed by atoms with Crippen LogP contribution in [-0.2, 0) is 0 Å². The van der Waals surface area contributed by atoms with Gasteiger partial charge >= 0.3 is 0 Å². The van der Waals surface area contributed by atoms with E-state index in [2.05, 4.69) is 38.1 Å². The third-order valence-electron chi connectivity index (χ3n) is 5.30. The average molecular weight is 414 g/mol. The maximum absolute atomic E-state index is 9.73. The molecule has 4 rings (SSSR count). The first-order chi connectivity index (χ1) is 14.9. The van der Waals surface area contributed by atoms with Gasteiger partial charge in [-0.05, 0) is 93.3 Å². The van der Waals surface area contributed by atoms with E-state index in [0.29, 0.717) is 6.61 Å². The van der Waals surface area contributed by atoms with E-state index in [9.17, 15) is 5.11 Å². The van der Waals surface area contributed by atoms with Gasteiger partial charge < -0.3 is 14.3 Å². The lowest BCUT2D eigenvalue weighted by atomic mass is 10.1. The molecule has 0 aliphatic carbocycles. The van der Waals surface area contributed by atoms with Crippen LogP contribution in [0.25, 0.3) is 21.9 Å². The highest BCUT2D eigenvalue weighted by Gasteiger charge is 2.15. The summed E-state index contributed by atoms with van der Waals surface area (Å²) in [5.74, 6) is 2.61. The molecule has 0 aliphatic rings. The molecule has 4 aromatic rings. The van der Waals surface area contributed by atoms with Crippen molar-refractivity contribution in [2.75, 3.05) is 6.61 Å². The van der Waals surface area contributed by atoms with E-state index < -0.39 is 0 Å². The van der Waals surface area contributed by atoms with Crippen LogP contribution in [0.3, 0.4) is 0 Å². The average Bonchev–Trinajstić information content (AvgIpc) is 2.89. The highest BCUT2D eigenvalue weighted by molar-refractivity contribution is 5.93. The Morgan fingerprint density at radius 1 is 0.806 bits per heavy atom. The second-order valence-corrected chi connectivity index (χ2v) is 7.90. The zero-order valence-electron chi connectivity index (χ0n) is 18.6. The van der Waals surface area contributed by atoms with Crippen LogP contribution in [-0.4, -0.2) is 11.7 Å². The van der Waals surface area contributed by atoms with Crippen LogP contribution < -0.4 is 10.1 Å². The van der Waals surface area contributed by atoms with Crippen molar-refractivity contribution in [3.8, 4) is 22.6 Å². The topological polar surface area (TPSA) is 55.0 Å². The number of hydrogen-bond donors (Lipinski definition) is 1. The Hall–Kier alpha value is -3.53. The molecule has 3 aromatic carbocycles. The van der Waals surface area contributed by atoms with Gasteiger partial charge in [0.25, 0.3) is 0 Å². The fourth-order valence-corrected chi connectivity index (χ4v) is 4.10. The monoisotopic (exact) mass is 413 g/mol. The first-order valence-electron chi connectivity index (χ1n) is 10.5. The molecule has 0 fully saturated rings. The SMILES string of the molecule is CCOc1cc(-c2ccc(O)cc2)cc(=Nc2cc(C)cc(C)c2)c2c(C)oc(C)c12. The van der Waals surface area contributed by atoms with Gasteiger partial charge in [0.05, 0.1) is 28.4 Å². The predicted molar refractivity (Wildman–Crippen MR) is 125 cm³/mol. The van der Waals surface area contributed by atoms with Crippen molar-refractivity contribution in [3.63, 3.8) is 0 Å². The summed E-state index contributed by atoms with van der Waals surface area (Å²) in [5, 5.41) is 12.4. The molecule has 31 heavy (non-hydrogen) atoms. The van der Waals surface area contributed by atoms with Gasteiger partial charge in [0.15, 0.2) is 0 Å². The van der Waals surface area contributed by atoms with Crippen LogP contribution in [0.15, 0.2) is 64.0 Å². The molecule has 4 heteroatoms. The maximum atomic E-state index is 9.73. The van der Waals surface area contributed by atoms with E-state index in [1.165, 1.54) is 11.1 Å². The molecule has 1 N–H and O–H groups in total. The van der Waals surface area contributed by atoms with Crippen LogP contribution in [0.5, 0.6) is 11.5 Å². The minimum atomic E-state index is 0.235. The van der Waals surface area contributed by atoms with Gasteiger partial charge in [0.1, 0.15) is 23.0 Å². The summed E-state index contributed by atoms with van der Waals surface area (Å²) in [6.45, 7) is 10.6. The Morgan fingerprint density at radius 2 is 1.45 bits per heavy atom. The van der Waals surface area contributed by atoms with Gasteiger partial charge in [0.2, 0.25) is 0 Å². The highest BCUT2D eigenvalue weighted by Crippen LogP contribution is 2.34. The lowest BCUT2D eigenvalue weighted by Gasteiger charge is -2.04. The summed E-state index contributed by atoms with van der Waals surface area (Å²) in [6.07, 6.45) is 0. The van der Waals surface area contributed by atoms with Gasteiger partial charge in [-0.2, -0.15) is 0 Å². The number of nitrogens with zero attached hydrogens (tertiary/aromatic N) is 1. The Balaban J connectivity index is 2.14. The molecule has 1 aromatic heterocycles. The molecule has 0 spiro atoms. The fraction of sp³-hybridized carbons (Fsp3) is 0.222. The molecule has 0 bridgehead atoms. The lowest BCUT2D eigenvalue weighted by molar-refractivity contribution is 0.344. The zero-order valence-corrected chi connectivity index (χ0v) is 18.6. The van der Waals surface area contributed by atoms with Crippen LogP contribution in [0.2, 0.25) is 0 Å². The van der Waals surface area contributed by atoms with Crippen LogP contribution in [0, 0.1) is 27.7 Å². The Bertz CT molecular complexity index is 1310. The summed E-state index contributed by atoms with van der Waals surface area (Å²) in [4.78, 5) is 5.05. The van der Waals surface area contributed by atoms with Gasteiger partial charge in [-0.25, -0.2) is 4.99 Å². The van der Waals surface area contributed by atoms with Crippen LogP contribution >= 0.6 is 0 Å². The molecule has 0 aliphatic heterocycles. The minimum absolute atomic E-state index is 0.235. The smallest absolute Gasteiger partial charge is 0.131 e.